The minimum absolute atomic E-state index is 0. The van der Waals surface area contributed by atoms with Crippen LogP contribution in [0.3, 0.4) is 0 Å². The van der Waals surface area contributed by atoms with Crippen molar-refractivity contribution >= 4 is 0 Å². The van der Waals surface area contributed by atoms with Gasteiger partial charge >= 0.3 is 58.2 Å². The Balaban J connectivity index is 0. The van der Waals surface area contributed by atoms with Gasteiger partial charge in [0.2, 0.25) is 0 Å². The first-order chi connectivity index (χ1) is 1.73. The summed E-state index contributed by atoms with van der Waals surface area (Å²) in [5, 5.41) is 0. The van der Waals surface area contributed by atoms with Gasteiger partial charge in [-0.1, -0.05) is 0 Å². The maximum Gasteiger partial charge on any atom is 1.00 e. The van der Waals surface area contributed by atoms with Crippen molar-refractivity contribution in [2.75, 3.05) is 0 Å². The van der Waals surface area contributed by atoms with Gasteiger partial charge in [-0.25, -0.2) is 0 Å². The molecule has 0 amide bonds. The molecule has 26 valence electrons. The standard InChI is InChI=1S/C4H9.Rb/c1-4(2)3;/h1-3H3;/q-1;+1. The molecule has 0 aliphatic carbocycles. The van der Waals surface area contributed by atoms with E-state index in [1.165, 1.54) is 5.92 Å². The van der Waals surface area contributed by atoms with E-state index in [2.05, 4.69) is 20.8 Å². The molecule has 0 heterocycles. The summed E-state index contributed by atoms with van der Waals surface area (Å²) in [6.45, 7) is 6.25. The van der Waals surface area contributed by atoms with Gasteiger partial charge in [-0.3, -0.25) is 0 Å². The van der Waals surface area contributed by atoms with Crippen LogP contribution in [0.15, 0.2) is 0 Å². The molecule has 0 nitrogen and oxygen atoms in total. The average Bonchev–Trinajstić information content (AvgIpc) is 0.811. The van der Waals surface area contributed by atoms with Crippen LogP contribution in [0, 0.1) is 5.92 Å². The Kier molecular flexibility index (Phi) is 11.5. The molecule has 0 aliphatic heterocycles. The van der Waals surface area contributed by atoms with Crippen LogP contribution in [0.1, 0.15) is 20.8 Å². The van der Waals surface area contributed by atoms with Gasteiger partial charge < -0.3 is 5.92 Å². The smallest absolute Gasteiger partial charge is 0.323 e. The molecule has 0 bridgehead atoms. The van der Waals surface area contributed by atoms with Gasteiger partial charge in [-0.2, -0.15) is 20.8 Å². The third-order valence-electron chi connectivity index (χ3n) is 0. The fraction of sp³-hybridized carbons (Fsp3) is 0.750. The molecule has 0 N–H and O–H groups in total. The Bertz CT molecular complexity index is 8.36. The van der Waals surface area contributed by atoms with Gasteiger partial charge in [0.1, 0.15) is 0 Å². The Morgan fingerprint density at radius 1 is 1.00 bits per heavy atom. The molecule has 5 heavy (non-hydrogen) atoms. The first-order valence-electron chi connectivity index (χ1n) is 1.50. The summed E-state index contributed by atoms with van der Waals surface area (Å²) in [6, 6.07) is 0. The summed E-state index contributed by atoms with van der Waals surface area (Å²) in [5.74, 6) is 1.42. The van der Waals surface area contributed by atoms with Crippen LogP contribution in [0.2, 0.25) is 0 Å². The van der Waals surface area contributed by atoms with Crippen molar-refractivity contribution in [2.24, 2.45) is 0 Å². The van der Waals surface area contributed by atoms with Crippen molar-refractivity contribution in [3.8, 4) is 0 Å². The van der Waals surface area contributed by atoms with E-state index in [4.69, 9.17) is 0 Å². The van der Waals surface area contributed by atoms with Crippen molar-refractivity contribution in [3.63, 3.8) is 0 Å². The molecule has 0 saturated heterocycles. The average molecular weight is 143 g/mol. The third-order valence-corrected chi connectivity index (χ3v) is 0. The molecule has 0 aliphatic rings. The summed E-state index contributed by atoms with van der Waals surface area (Å²) in [4.78, 5) is 0. The molecule has 0 rings (SSSR count). The van der Waals surface area contributed by atoms with Gasteiger partial charge in [-0.05, 0) is 0 Å². The molecular formula is C4H9Rb. The van der Waals surface area contributed by atoms with Gasteiger partial charge in [0.05, 0.1) is 0 Å². The second kappa shape index (κ2) is 5.81. The van der Waals surface area contributed by atoms with Gasteiger partial charge in [0.15, 0.2) is 0 Å². The second-order valence-electron chi connectivity index (χ2n) is 1.50. The zero-order chi connectivity index (χ0) is 3.58. The van der Waals surface area contributed by atoms with Crippen molar-refractivity contribution in [2.45, 2.75) is 20.8 Å². The molecule has 0 spiro atoms. The Labute approximate surface area is 83.1 Å². The summed E-state index contributed by atoms with van der Waals surface area (Å²) in [5.41, 5.74) is 0. The minimum atomic E-state index is 0. The van der Waals surface area contributed by atoms with E-state index in [9.17, 15) is 0 Å². The second-order valence-corrected chi connectivity index (χ2v) is 1.50. The zero-order valence-corrected chi connectivity index (χ0v) is 9.42. The topological polar surface area (TPSA) is 0 Å². The summed E-state index contributed by atoms with van der Waals surface area (Å²) < 4.78 is 0. The zero-order valence-electron chi connectivity index (χ0n) is 4.50. The first-order valence-corrected chi connectivity index (χ1v) is 1.50. The van der Waals surface area contributed by atoms with Gasteiger partial charge in [0, 0.05) is 0 Å². The first kappa shape index (κ1) is 9.93. The van der Waals surface area contributed by atoms with E-state index in [0.717, 1.165) is 0 Å². The SMILES string of the molecule is C[C-](C)C.[Rb+]. The van der Waals surface area contributed by atoms with E-state index in [0.29, 0.717) is 0 Å². The van der Waals surface area contributed by atoms with Crippen LogP contribution in [-0.2, 0) is 0 Å². The fourth-order valence-corrected chi connectivity index (χ4v) is 0. The van der Waals surface area contributed by atoms with Gasteiger partial charge in [0.25, 0.3) is 0 Å². The molecule has 0 unspecified atom stereocenters. The third kappa shape index (κ3) is 25.8. The largest absolute Gasteiger partial charge is 1.00 e. The Morgan fingerprint density at radius 3 is 1.00 bits per heavy atom. The molecular weight excluding hydrogens is 134 g/mol. The van der Waals surface area contributed by atoms with E-state index < -0.39 is 0 Å². The van der Waals surface area contributed by atoms with E-state index in [1.54, 1.807) is 0 Å². The van der Waals surface area contributed by atoms with Crippen LogP contribution in [-0.4, -0.2) is 0 Å². The molecule has 0 fully saturated rings. The van der Waals surface area contributed by atoms with Crippen molar-refractivity contribution < 1.29 is 58.2 Å². The molecule has 1 heteroatoms. The van der Waals surface area contributed by atoms with E-state index in [-0.39, 0.29) is 58.2 Å². The maximum absolute atomic E-state index is 2.08. The number of rotatable bonds is 0. The summed E-state index contributed by atoms with van der Waals surface area (Å²) in [7, 11) is 0. The molecule has 0 radical (unpaired) electrons. The Hall–Kier alpha value is 1.81. The molecule has 0 aromatic heterocycles. The normalized spacial score (nSPS) is 7.20. The van der Waals surface area contributed by atoms with E-state index in [1.807, 2.05) is 0 Å². The monoisotopic (exact) mass is 142 g/mol. The van der Waals surface area contributed by atoms with Crippen LogP contribution in [0.25, 0.3) is 0 Å². The number of hydrogen-bond acceptors (Lipinski definition) is 0. The predicted octanol–water partition coefficient (Wildman–Crippen LogP) is -1.38. The molecule has 0 aromatic rings. The van der Waals surface area contributed by atoms with Crippen LogP contribution >= 0.6 is 0 Å². The Morgan fingerprint density at radius 2 is 1.00 bits per heavy atom. The van der Waals surface area contributed by atoms with Crippen LogP contribution < -0.4 is 58.2 Å². The van der Waals surface area contributed by atoms with Gasteiger partial charge in [-0.15, -0.1) is 0 Å². The quantitative estimate of drug-likeness (QED) is 0.366. The molecule has 0 aromatic carbocycles. The maximum atomic E-state index is 2.08. The van der Waals surface area contributed by atoms with Crippen LogP contribution in [0.5, 0.6) is 0 Å². The molecule has 0 saturated carbocycles. The number of hydrogen-bond donors (Lipinski definition) is 0. The predicted molar refractivity (Wildman–Crippen MR) is 20.3 cm³/mol. The molecule has 0 atom stereocenters. The van der Waals surface area contributed by atoms with Crippen molar-refractivity contribution in [3.05, 3.63) is 5.92 Å². The fourth-order valence-electron chi connectivity index (χ4n) is 0. The van der Waals surface area contributed by atoms with Crippen molar-refractivity contribution in [1.29, 1.82) is 0 Å². The minimum Gasteiger partial charge on any atom is -0.323 e. The van der Waals surface area contributed by atoms with Crippen molar-refractivity contribution in [1.82, 2.24) is 0 Å². The summed E-state index contributed by atoms with van der Waals surface area (Å²) >= 11 is 0. The summed E-state index contributed by atoms with van der Waals surface area (Å²) in [6.07, 6.45) is 0. The van der Waals surface area contributed by atoms with Crippen LogP contribution in [0.4, 0.5) is 0 Å². The van der Waals surface area contributed by atoms with E-state index >= 15 is 0 Å².